The van der Waals surface area contributed by atoms with Crippen molar-refractivity contribution >= 4 is 17.8 Å². The molecule has 0 N–H and O–H groups in total. The molecule has 0 aliphatic heterocycles. The minimum atomic E-state index is -0.572. The Morgan fingerprint density at radius 2 is 2.00 bits per heavy atom. The lowest BCUT2D eigenvalue weighted by molar-refractivity contribution is -0.140. The molecule has 0 spiro atoms. The Morgan fingerprint density at radius 3 is 2.58 bits per heavy atom. The molecule has 0 saturated carbocycles. The van der Waals surface area contributed by atoms with Gasteiger partial charge >= 0.3 is 5.97 Å². The van der Waals surface area contributed by atoms with Crippen molar-refractivity contribution < 1.29 is 19.1 Å². The third-order valence-corrected chi connectivity index (χ3v) is 2.06. The third kappa shape index (κ3) is 6.08. The van der Waals surface area contributed by atoms with Crippen LogP contribution >= 0.6 is 0 Å². The van der Waals surface area contributed by atoms with Crippen LogP contribution in [0.3, 0.4) is 0 Å². The maximum atomic E-state index is 11.1. The minimum absolute atomic E-state index is 0.219. The van der Waals surface area contributed by atoms with E-state index < -0.39 is 5.97 Å². The summed E-state index contributed by atoms with van der Waals surface area (Å²) in [6.07, 6.45) is 7.72. The molecule has 0 bridgehead atoms. The monoisotopic (exact) mass is 258 g/mol. The molecule has 0 aromatic heterocycles. The van der Waals surface area contributed by atoms with Crippen molar-refractivity contribution in [3.8, 4) is 18.1 Å². The molecule has 0 amide bonds. The molecule has 4 nitrogen and oxygen atoms in total. The average Bonchev–Trinajstić information content (AvgIpc) is 2.37. The van der Waals surface area contributed by atoms with E-state index in [0.717, 1.165) is 5.56 Å². The van der Waals surface area contributed by atoms with Gasteiger partial charge in [-0.05, 0) is 30.7 Å². The smallest absolute Gasteiger partial charge is 0.318 e. The van der Waals surface area contributed by atoms with Gasteiger partial charge in [-0.15, -0.1) is 6.42 Å². The zero-order valence-corrected chi connectivity index (χ0v) is 10.6. The predicted molar refractivity (Wildman–Crippen MR) is 71.2 cm³/mol. The van der Waals surface area contributed by atoms with E-state index in [-0.39, 0.29) is 18.8 Å². The molecule has 0 atom stereocenters. The van der Waals surface area contributed by atoms with Gasteiger partial charge < -0.3 is 9.47 Å². The maximum Gasteiger partial charge on any atom is 0.318 e. The molecular formula is C15H14O4. The van der Waals surface area contributed by atoms with Gasteiger partial charge in [0.15, 0.2) is 0 Å². The molecule has 19 heavy (non-hydrogen) atoms. The van der Waals surface area contributed by atoms with E-state index in [1.807, 2.05) is 0 Å². The quantitative estimate of drug-likeness (QED) is 0.340. The van der Waals surface area contributed by atoms with Crippen LogP contribution in [0, 0.1) is 12.3 Å². The molecule has 1 rings (SSSR count). The summed E-state index contributed by atoms with van der Waals surface area (Å²) in [5.74, 6) is 2.24. The lowest BCUT2D eigenvalue weighted by Gasteiger charge is -2.01. The van der Waals surface area contributed by atoms with Gasteiger partial charge in [-0.1, -0.05) is 18.1 Å². The normalized spacial score (nSPS) is 9.89. The Hall–Kier alpha value is -2.54. The number of terminal acetylenes is 1. The SMILES string of the molecule is C#CCOc1ccc(/C=C/OC(=O)CC(C)=O)cc1. The number of carbonyl (C=O) groups excluding carboxylic acids is 2. The molecule has 0 heterocycles. The Balaban J connectivity index is 2.47. The zero-order chi connectivity index (χ0) is 14.1. The number of ketones is 1. The molecule has 1 aromatic rings. The van der Waals surface area contributed by atoms with Crippen LogP contribution in [0.5, 0.6) is 5.75 Å². The van der Waals surface area contributed by atoms with Crippen LogP contribution in [-0.2, 0) is 14.3 Å². The second kappa shape index (κ2) is 7.72. The molecule has 0 fully saturated rings. The highest BCUT2D eigenvalue weighted by atomic mass is 16.5. The largest absolute Gasteiger partial charge is 0.481 e. The Morgan fingerprint density at radius 1 is 1.32 bits per heavy atom. The fourth-order valence-electron chi connectivity index (χ4n) is 1.23. The van der Waals surface area contributed by atoms with Gasteiger partial charge in [0.05, 0.1) is 6.26 Å². The number of rotatable bonds is 6. The molecule has 0 radical (unpaired) electrons. The van der Waals surface area contributed by atoms with Gasteiger partial charge in [-0.3, -0.25) is 9.59 Å². The van der Waals surface area contributed by atoms with Crippen molar-refractivity contribution in [1.82, 2.24) is 0 Å². The number of carbonyl (C=O) groups is 2. The second-order valence-corrected chi connectivity index (χ2v) is 3.73. The molecule has 0 saturated heterocycles. The van der Waals surface area contributed by atoms with Crippen LogP contribution < -0.4 is 4.74 Å². The summed E-state index contributed by atoms with van der Waals surface area (Å²) >= 11 is 0. The average molecular weight is 258 g/mol. The van der Waals surface area contributed by atoms with Crippen molar-refractivity contribution in [3.05, 3.63) is 36.1 Å². The van der Waals surface area contributed by atoms with E-state index in [0.29, 0.717) is 5.75 Å². The standard InChI is InChI=1S/C15H14O4/c1-3-9-18-14-6-4-13(5-7-14)8-10-19-15(17)11-12(2)16/h1,4-8,10H,9,11H2,2H3/b10-8+. The lowest BCUT2D eigenvalue weighted by Crippen LogP contribution is -2.04. The van der Waals surface area contributed by atoms with Crippen LogP contribution in [0.1, 0.15) is 18.9 Å². The van der Waals surface area contributed by atoms with Crippen LogP contribution in [0.15, 0.2) is 30.5 Å². The fraction of sp³-hybridized carbons (Fsp3) is 0.200. The highest BCUT2D eigenvalue weighted by molar-refractivity contribution is 5.94. The van der Waals surface area contributed by atoms with Crippen molar-refractivity contribution in [2.45, 2.75) is 13.3 Å². The van der Waals surface area contributed by atoms with Crippen molar-refractivity contribution in [1.29, 1.82) is 0 Å². The summed E-state index contributed by atoms with van der Waals surface area (Å²) in [5, 5.41) is 0. The highest BCUT2D eigenvalue weighted by Crippen LogP contribution is 2.13. The first-order valence-corrected chi connectivity index (χ1v) is 5.63. The third-order valence-electron chi connectivity index (χ3n) is 2.06. The van der Waals surface area contributed by atoms with Gasteiger partial charge in [0.2, 0.25) is 0 Å². The van der Waals surface area contributed by atoms with Gasteiger partial charge in [0.25, 0.3) is 0 Å². The molecule has 1 aromatic carbocycles. The Bertz CT molecular complexity index is 506. The molecule has 0 aliphatic rings. The summed E-state index contributed by atoms with van der Waals surface area (Å²) < 4.78 is 9.97. The van der Waals surface area contributed by atoms with E-state index in [9.17, 15) is 9.59 Å². The van der Waals surface area contributed by atoms with Crippen LogP contribution in [0.4, 0.5) is 0 Å². The zero-order valence-electron chi connectivity index (χ0n) is 10.6. The summed E-state index contributed by atoms with van der Waals surface area (Å²) in [4.78, 5) is 21.7. The van der Waals surface area contributed by atoms with Crippen molar-refractivity contribution in [2.75, 3.05) is 6.61 Å². The van der Waals surface area contributed by atoms with Gasteiger partial charge in [-0.25, -0.2) is 0 Å². The first-order chi connectivity index (χ1) is 9.11. The number of Topliss-reactive ketones (excluding diaryl/α,β-unsaturated/α-hetero) is 1. The predicted octanol–water partition coefficient (Wildman–Crippen LogP) is 2.19. The number of hydrogen-bond acceptors (Lipinski definition) is 4. The van der Waals surface area contributed by atoms with Gasteiger partial charge in [0, 0.05) is 0 Å². The van der Waals surface area contributed by atoms with E-state index in [4.69, 9.17) is 15.9 Å². The van der Waals surface area contributed by atoms with Gasteiger partial charge in [0.1, 0.15) is 24.6 Å². The summed E-state index contributed by atoms with van der Waals surface area (Å²) in [6.45, 7) is 1.55. The molecule has 4 heteroatoms. The summed E-state index contributed by atoms with van der Waals surface area (Å²) in [5.41, 5.74) is 0.837. The maximum absolute atomic E-state index is 11.1. The van der Waals surface area contributed by atoms with Crippen LogP contribution in [0.2, 0.25) is 0 Å². The Kier molecular flexibility index (Phi) is 5.90. The number of benzene rings is 1. The number of esters is 1. The van der Waals surface area contributed by atoms with Crippen LogP contribution in [0.25, 0.3) is 6.08 Å². The first kappa shape index (κ1) is 14.5. The summed E-state index contributed by atoms with van der Waals surface area (Å²) in [6, 6.07) is 7.10. The lowest BCUT2D eigenvalue weighted by atomic mass is 10.2. The number of hydrogen-bond donors (Lipinski definition) is 0. The highest BCUT2D eigenvalue weighted by Gasteiger charge is 2.03. The summed E-state index contributed by atoms with van der Waals surface area (Å²) in [7, 11) is 0. The molecule has 0 unspecified atom stereocenters. The Labute approximate surface area is 112 Å². The van der Waals surface area contributed by atoms with Gasteiger partial charge in [-0.2, -0.15) is 0 Å². The minimum Gasteiger partial charge on any atom is -0.481 e. The number of ether oxygens (including phenoxy) is 2. The first-order valence-electron chi connectivity index (χ1n) is 5.63. The van der Waals surface area contributed by atoms with Crippen molar-refractivity contribution in [3.63, 3.8) is 0 Å². The van der Waals surface area contributed by atoms with E-state index in [2.05, 4.69) is 5.92 Å². The molecular weight excluding hydrogens is 244 g/mol. The molecule has 98 valence electrons. The topological polar surface area (TPSA) is 52.6 Å². The van der Waals surface area contributed by atoms with Crippen molar-refractivity contribution in [2.24, 2.45) is 0 Å². The fourth-order valence-corrected chi connectivity index (χ4v) is 1.23. The second-order valence-electron chi connectivity index (χ2n) is 3.73. The van der Waals surface area contributed by atoms with E-state index in [1.165, 1.54) is 13.2 Å². The van der Waals surface area contributed by atoms with E-state index >= 15 is 0 Å². The van der Waals surface area contributed by atoms with E-state index in [1.54, 1.807) is 30.3 Å². The molecule has 0 aliphatic carbocycles. The van der Waals surface area contributed by atoms with Crippen LogP contribution in [-0.4, -0.2) is 18.4 Å².